The molecular formula is C31H40N4O6. The van der Waals surface area contributed by atoms with Crippen LogP contribution in [0.25, 0.3) is 0 Å². The molecule has 0 unspecified atom stereocenters. The Bertz CT molecular complexity index is 1240. The maximum atomic E-state index is 13.8. The highest BCUT2D eigenvalue weighted by molar-refractivity contribution is 5.92. The van der Waals surface area contributed by atoms with E-state index < -0.39 is 0 Å². The third kappa shape index (κ3) is 9.26. The molecule has 0 saturated carbocycles. The molecule has 220 valence electrons. The van der Waals surface area contributed by atoms with E-state index in [-0.39, 0.29) is 18.5 Å². The van der Waals surface area contributed by atoms with E-state index in [0.717, 1.165) is 37.4 Å². The molecule has 0 aliphatic carbocycles. The number of benzene rings is 2. The van der Waals surface area contributed by atoms with Crippen LogP contribution in [0.5, 0.6) is 11.5 Å². The first-order chi connectivity index (χ1) is 19.9. The average molecular weight is 565 g/mol. The zero-order valence-corrected chi connectivity index (χ0v) is 24.1. The molecule has 4 rings (SSSR count). The Balaban J connectivity index is 1.50. The number of aryl methyl sites for hydroxylation is 1. The first-order valence-electron chi connectivity index (χ1n) is 13.9. The lowest BCUT2D eigenvalue weighted by Gasteiger charge is -2.30. The summed E-state index contributed by atoms with van der Waals surface area (Å²) in [5.41, 5.74) is 1.51. The van der Waals surface area contributed by atoms with Crippen molar-refractivity contribution in [3.05, 3.63) is 77.7 Å². The van der Waals surface area contributed by atoms with Crippen LogP contribution in [0, 0.1) is 6.92 Å². The first-order valence-corrected chi connectivity index (χ1v) is 13.9. The lowest BCUT2D eigenvalue weighted by Crippen LogP contribution is -2.45. The van der Waals surface area contributed by atoms with Gasteiger partial charge < -0.3 is 33.7 Å². The lowest BCUT2D eigenvalue weighted by molar-refractivity contribution is -0.133. The molecular weight excluding hydrogens is 524 g/mol. The van der Waals surface area contributed by atoms with E-state index in [4.69, 9.17) is 18.6 Å². The van der Waals surface area contributed by atoms with Crippen molar-refractivity contribution in [1.82, 2.24) is 14.7 Å². The minimum absolute atomic E-state index is 0.0808. The fourth-order valence-corrected chi connectivity index (χ4v) is 4.70. The Morgan fingerprint density at radius 2 is 1.63 bits per heavy atom. The van der Waals surface area contributed by atoms with Crippen molar-refractivity contribution >= 4 is 17.6 Å². The van der Waals surface area contributed by atoms with Gasteiger partial charge in [-0.1, -0.05) is 30.3 Å². The maximum absolute atomic E-state index is 13.8. The van der Waals surface area contributed by atoms with Crippen molar-refractivity contribution in [2.75, 3.05) is 65.5 Å². The van der Waals surface area contributed by atoms with Gasteiger partial charge in [0.2, 0.25) is 5.91 Å². The topological polar surface area (TPSA) is 96.7 Å². The summed E-state index contributed by atoms with van der Waals surface area (Å²) in [7, 11) is 3.11. The van der Waals surface area contributed by atoms with E-state index >= 15 is 0 Å². The predicted molar refractivity (Wildman–Crippen MR) is 156 cm³/mol. The molecule has 1 N–H and O–H groups in total. The number of anilines is 1. The Morgan fingerprint density at radius 3 is 2.27 bits per heavy atom. The minimum atomic E-state index is -0.371. The zero-order valence-electron chi connectivity index (χ0n) is 24.1. The van der Waals surface area contributed by atoms with Crippen molar-refractivity contribution in [3.8, 4) is 11.5 Å². The summed E-state index contributed by atoms with van der Waals surface area (Å²) in [6.07, 6.45) is 0.720. The molecule has 1 aromatic heterocycles. The van der Waals surface area contributed by atoms with E-state index in [9.17, 15) is 9.59 Å². The molecule has 1 aliphatic heterocycles. The van der Waals surface area contributed by atoms with Crippen LogP contribution < -0.4 is 14.8 Å². The number of furan rings is 1. The summed E-state index contributed by atoms with van der Waals surface area (Å²) in [5, 5.41) is 2.93. The Kier molecular flexibility index (Phi) is 11.0. The fraction of sp³-hybridized carbons (Fsp3) is 0.419. The molecule has 10 heteroatoms. The average Bonchev–Trinajstić information content (AvgIpc) is 3.41. The van der Waals surface area contributed by atoms with Crippen molar-refractivity contribution in [2.24, 2.45) is 0 Å². The monoisotopic (exact) mass is 564 g/mol. The smallest absolute Gasteiger partial charge is 0.322 e. The number of methoxy groups -OCH3 is 2. The highest BCUT2D eigenvalue weighted by atomic mass is 16.5. The summed E-state index contributed by atoms with van der Waals surface area (Å²) in [5.74, 6) is 2.41. The van der Waals surface area contributed by atoms with E-state index in [0.29, 0.717) is 55.8 Å². The second-order valence-electron chi connectivity index (χ2n) is 10.0. The molecule has 1 fully saturated rings. The standard InChI is InChI=1S/C31H40N4O6/c1-24-10-11-27(41-24)22-35(21-25-8-5-4-6-9-25)30(36)23-34(13-7-12-33-14-16-40-17-15-33)31(37)32-26-18-28(38-2)20-29(19-26)39-3/h4-6,8-11,18-20H,7,12-17,21-23H2,1-3H3,(H,32,37). The van der Waals surface area contributed by atoms with Crippen LogP contribution in [0.2, 0.25) is 0 Å². The van der Waals surface area contributed by atoms with E-state index in [2.05, 4.69) is 10.2 Å². The number of hydrogen-bond acceptors (Lipinski definition) is 7. The summed E-state index contributed by atoms with van der Waals surface area (Å²) in [6, 6.07) is 18.4. The highest BCUT2D eigenvalue weighted by Crippen LogP contribution is 2.26. The van der Waals surface area contributed by atoms with Crippen molar-refractivity contribution in [1.29, 1.82) is 0 Å². The molecule has 3 aromatic rings. The van der Waals surface area contributed by atoms with Gasteiger partial charge in [-0.05, 0) is 31.0 Å². The molecule has 10 nitrogen and oxygen atoms in total. The lowest BCUT2D eigenvalue weighted by atomic mass is 10.2. The molecule has 0 radical (unpaired) electrons. The number of urea groups is 1. The molecule has 0 bridgehead atoms. The molecule has 2 heterocycles. The quantitative estimate of drug-likeness (QED) is 0.329. The largest absolute Gasteiger partial charge is 0.497 e. The van der Waals surface area contributed by atoms with Gasteiger partial charge in [0.05, 0.1) is 34.0 Å². The predicted octanol–water partition coefficient (Wildman–Crippen LogP) is 4.39. The van der Waals surface area contributed by atoms with Crippen LogP contribution in [0.15, 0.2) is 65.1 Å². The van der Waals surface area contributed by atoms with Crippen molar-refractivity contribution in [2.45, 2.75) is 26.4 Å². The van der Waals surface area contributed by atoms with Crippen molar-refractivity contribution in [3.63, 3.8) is 0 Å². The van der Waals surface area contributed by atoms with Gasteiger partial charge in [0.25, 0.3) is 0 Å². The number of ether oxygens (including phenoxy) is 3. The van der Waals surface area contributed by atoms with Gasteiger partial charge in [0.15, 0.2) is 0 Å². The second kappa shape index (κ2) is 15.1. The van der Waals surface area contributed by atoms with Crippen LogP contribution in [0.4, 0.5) is 10.5 Å². The van der Waals surface area contributed by atoms with E-state index in [1.54, 1.807) is 42.2 Å². The number of rotatable bonds is 13. The molecule has 1 aliphatic rings. The number of morpholine rings is 1. The second-order valence-corrected chi connectivity index (χ2v) is 10.0. The van der Waals surface area contributed by atoms with Gasteiger partial charge in [-0.3, -0.25) is 9.69 Å². The van der Waals surface area contributed by atoms with Gasteiger partial charge in [-0.25, -0.2) is 4.79 Å². The number of carbonyl (C=O) groups excluding carboxylic acids is 2. The summed E-state index contributed by atoms with van der Waals surface area (Å²) < 4.78 is 21.9. The zero-order chi connectivity index (χ0) is 29.0. The van der Waals surface area contributed by atoms with Crippen LogP contribution >= 0.6 is 0 Å². The summed E-state index contributed by atoms with van der Waals surface area (Å²) in [6.45, 7) is 6.87. The highest BCUT2D eigenvalue weighted by Gasteiger charge is 2.23. The number of carbonyl (C=O) groups is 2. The SMILES string of the molecule is COc1cc(NC(=O)N(CCCN2CCOCC2)CC(=O)N(Cc2ccccc2)Cc2ccc(C)o2)cc(OC)c1. The maximum Gasteiger partial charge on any atom is 0.322 e. The molecule has 1 saturated heterocycles. The van der Waals surface area contributed by atoms with Gasteiger partial charge >= 0.3 is 6.03 Å². The first kappa shape index (κ1) is 30.0. The Labute approximate surface area is 241 Å². The third-order valence-electron chi connectivity index (χ3n) is 6.93. The molecule has 3 amide bonds. The van der Waals surface area contributed by atoms with Crippen molar-refractivity contribution < 1.29 is 28.2 Å². The van der Waals surface area contributed by atoms with Crippen LogP contribution in [0.1, 0.15) is 23.5 Å². The number of nitrogens with one attached hydrogen (secondary N) is 1. The van der Waals surface area contributed by atoms with Gasteiger partial charge in [-0.2, -0.15) is 0 Å². The minimum Gasteiger partial charge on any atom is -0.497 e. The third-order valence-corrected chi connectivity index (χ3v) is 6.93. The van der Waals surface area contributed by atoms with Crippen LogP contribution in [0.3, 0.4) is 0 Å². The number of nitrogens with zero attached hydrogens (tertiary/aromatic N) is 3. The summed E-state index contributed by atoms with van der Waals surface area (Å²) in [4.78, 5) is 33.0. The Hall–Kier alpha value is -4.02. The summed E-state index contributed by atoms with van der Waals surface area (Å²) >= 11 is 0. The van der Waals surface area contributed by atoms with Crippen LogP contribution in [-0.2, 0) is 22.6 Å². The molecule has 0 atom stereocenters. The molecule has 2 aromatic carbocycles. The normalized spacial score (nSPS) is 13.4. The van der Waals surface area contributed by atoms with E-state index in [1.807, 2.05) is 49.4 Å². The molecule has 41 heavy (non-hydrogen) atoms. The van der Waals surface area contributed by atoms with Gasteiger partial charge in [0.1, 0.15) is 29.6 Å². The Morgan fingerprint density at radius 1 is 0.927 bits per heavy atom. The number of amides is 3. The van der Waals surface area contributed by atoms with E-state index in [1.165, 1.54) is 0 Å². The van der Waals surface area contributed by atoms with Gasteiger partial charge in [0, 0.05) is 56.6 Å². The number of hydrogen-bond donors (Lipinski definition) is 1. The van der Waals surface area contributed by atoms with Crippen LogP contribution in [-0.4, -0.2) is 86.8 Å². The fourth-order valence-electron chi connectivity index (χ4n) is 4.70. The molecule has 0 spiro atoms. The van der Waals surface area contributed by atoms with Gasteiger partial charge in [-0.15, -0.1) is 0 Å².